The smallest absolute Gasteiger partial charge is 0.448 e. The summed E-state index contributed by atoms with van der Waals surface area (Å²) in [7, 11) is -3.27. The van der Waals surface area contributed by atoms with Gasteiger partial charge in [-0.25, -0.2) is 9.59 Å². The standard InChI is InChI=1S/C14H28NO8P/c1-6-19-13(16)15(23-14(17)20-7-2)10-12(5)11-24(18,21-8-3)22-9-4/h12H,6-11H2,1-5H3. The van der Waals surface area contributed by atoms with E-state index in [2.05, 4.69) is 4.74 Å². The van der Waals surface area contributed by atoms with Crippen molar-refractivity contribution in [3.05, 3.63) is 0 Å². The summed E-state index contributed by atoms with van der Waals surface area (Å²) in [6.07, 6.45) is -1.79. The van der Waals surface area contributed by atoms with Gasteiger partial charge in [-0.2, -0.15) is 0 Å². The molecule has 0 saturated carbocycles. The Morgan fingerprint density at radius 2 is 1.50 bits per heavy atom. The number of carbonyl (C=O) groups is 2. The van der Waals surface area contributed by atoms with E-state index < -0.39 is 19.8 Å². The largest absolute Gasteiger partial charge is 0.533 e. The van der Waals surface area contributed by atoms with Gasteiger partial charge >= 0.3 is 19.8 Å². The first-order valence-corrected chi connectivity index (χ1v) is 9.71. The first kappa shape index (κ1) is 22.7. The molecule has 0 saturated heterocycles. The van der Waals surface area contributed by atoms with Crippen LogP contribution in [0.4, 0.5) is 9.59 Å². The maximum absolute atomic E-state index is 12.5. The number of ether oxygens (including phenoxy) is 2. The maximum Gasteiger partial charge on any atom is 0.533 e. The predicted molar refractivity (Wildman–Crippen MR) is 86.7 cm³/mol. The van der Waals surface area contributed by atoms with Crippen LogP contribution in [0.2, 0.25) is 0 Å². The summed E-state index contributed by atoms with van der Waals surface area (Å²) in [6.45, 7) is 9.06. The molecule has 0 bridgehead atoms. The van der Waals surface area contributed by atoms with E-state index in [4.69, 9.17) is 18.6 Å². The Kier molecular flexibility index (Phi) is 11.4. The van der Waals surface area contributed by atoms with Crippen LogP contribution >= 0.6 is 7.60 Å². The molecule has 1 amide bonds. The van der Waals surface area contributed by atoms with Gasteiger partial charge in [0.1, 0.15) is 0 Å². The van der Waals surface area contributed by atoms with Crippen LogP contribution in [0.1, 0.15) is 34.6 Å². The van der Waals surface area contributed by atoms with Crippen molar-refractivity contribution in [3.8, 4) is 0 Å². The second-order valence-corrected chi connectivity index (χ2v) is 6.87. The lowest BCUT2D eigenvalue weighted by atomic mass is 10.2. The SMILES string of the molecule is CCOC(=O)ON(CC(C)CP(=O)(OCC)OCC)C(=O)OCC. The van der Waals surface area contributed by atoms with Crippen LogP contribution in [0.15, 0.2) is 0 Å². The van der Waals surface area contributed by atoms with Gasteiger partial charge in [-0.15, -0.1) is 5.06 Å². The molecule has 0 aliphatic heterocycles. The topological polar surface area (TPSA) is 101 Å². The molecule has 0 aromatic rings. The third-order valence-electron chi connectivity index (χ3n) is 2.58. The van der Waals surface area contributed by atoms with E-state index >= 15 is 0 Å². The summed E-state index contributed by atoms with van der Waals surface area (Å²) < 4.78 is 32.4. The van der Waals surface area contributed by atoms with Crippen molar-refractivity contribution in [1.82, 2.24) is 5.06 Å². The molecular weight excluding hydrogens is 341 g/mol. The second-order valence-electron chi connectivity index (χ2n) is 4.77. The van der Waals surface area contributed by atoms with E-state index in [9.17, 15) is 14.2 Å². The lowest BCUT2D eigenvalue weighted by Crippen LogP contribution is -2.38. The summed E-state index contributed by atoms with van der Waals surface area (Å²) in [5.41, 5.74) is 0. The van der Waals surface area contributed by atoms with E-state index in [1.165, 1.54) is 0 Å². The zero-order valence-corrected chi connectivity index (χ0v) is 15.9. The van der Waals surface area contributed by atoms with E-state index in [-0.39, 0.29) is 45.1 Å². The highest BCUT2D eigenvalue weighted by Crippen LogP contribution is 2.49. The van der Waals surface area contributed by atoms with Crippen molar-refractivity contribution < 1.29 is 37.5 Å². The van der Waals surface area contributed by atoms with Crippen LogP contribution in [0.3, 0.4) is 0 Å². The fraction of sp³-hybridized carbons (Fsp3) is 0.857. The predicted octanol–water partition coefficient (Wildman–Crippen LogP) is 3.44. The van der Waals surface area contributed by atoms with Gasteiger partial charge in [-0.3, -0.25) is 4.57 Å². The lowest BCUT2D eigenvalue weighted by molar-refractivity contribution is -0.114. The van der Waals surface area contributed by atoms with Crippen LogP contribution in [-0.4, -0.2) is 56.4 Å². The van der Waals surface area contributed by atoms with Gasteiger partial charge in [0.2, 0.25) is 0 Å². The molecule has 142 valence electrons. The molecule has 0 aliphatic carbocycles. The molecular formula is C14H28NO8P. The van der Waals surface area contributed by atoms with Crippen LogP contribution in [-0.2, 0) is 27.9 Å². The summed E-state index contributed by atoms with van der Waals surface area (Å²) in [5.74, 6) is -0.340. The molecule has 0 aromatic carbocycles. The van der Waals surface area contributed by atoms with E-state index in [1.54, 1.807) is 34.6 Å². The fourth-order valence-electron chi connectivity index (χ4n) is 1.84. The van der Waals surface area contributed by atoms with E-state index in [1.807, 2.05) is 0 Å². The average Bonchev–Trinajstić information content (AvgIpc) is 2.47. The monoisotopic (exact) mass is 369 g/mol. The Hall–Kier alpha value is -1.31. The molecule has 0 aliphatic rings. The van der Waals surface area contributed by atoms with Crippen molar-refractivity contribution in [2.24, 2.45) is 5.92 Å². The number of hydrogen-bond acceptors (Lipinski definition) is 8. The number of nitrogens with zero attached hydrogens (tertiary/aromatic N) is 1. The molecule has 0 spiro atoms. The zero-order valence-electron chi connectivity index (χ0n) is 15.0. The lowest BCUT2D eigenvalue weighted by Gasteiger charge is -2.25. The number of hydrogen-bond donors (Lipinski definition) is 0. The van der Waals surface area contributed by atoms with Crippen LogP contribution < -0.4 is 0 Å². The molecule has 24 heavy (non-hydrogen) atoms. The fourth-order valence-corrected chi connectivity index (χ4v) is 3.79. The van der Waals surface area contributed by atoms with Gasteiger partial charge in [-0.05, 0) is 33.6 Å². The van der Waals surface area contributed by atoms with Gasteiger partial charge in [-0.1, -0.05) is 6.92 Å². The Morgan fingerprint density at radius 1 is 0.958 bits per heavy atom. The molecule has 0 aromatic heterocycles. The zero-order chi connectivity index (χ0) is 18.6. The van der Waals surface area contributed by atoms with Crippen molar-refractivity contribution in [2.45, 2.75) is 34.6 Å². The molecule has 10 heteroatoms. The normalized spacial score (nSPS) is 12.4. The maximum atomic E-state index is 12.5. The Bertz CT molecular complexity index is 421. The van der Waals surface area contributed by atoms with Crippen LogP contribution in [0, 0.1) is 5.92 Å². The van der Waals surface area contributed by atoms with Gasteiger partial charge in [0.15, 0.2) is 0 Å². The molecule has 0 radical (unpaired) electrons. The number of carbonyl (C=O) groups excluding carboxylic acids is 2. The average molecular weight is 369 g/mol. The number of rotatable bonds is 10. The second kappa shape index (κ2) is 12.1. The van der Waals surface area contributed by atoms with E-state index in [0.717, 1.165) is 5.06 Å². The van der Waals surface area contributed by atoms with Gasteiger partial charge in [0, 0.05) is 0 Å². The quantitative estimate of drug-likeness (QED) is 0.328. The minimum absolute atomic E-state index is 0.0399. The third kappa shape index (κ3) is 9.10. The Morgan fingerprint density at radius 3 is 1.96 bits per heavy atom. The van der Waals surface area contributed by atoms with Crippen LogP contribution in [0.25, 0.3) is 0 Å². The summed E-state index contributed by atoms with van der Waals surface area (Å²) >= 11 is 0. The molecule has 0 N–H and O–H groups in total. The van der Waals surface area contributed by atoms with Crippen molar-refractivity contribution in [3.63, 3.8) is 0 Å². The number of hydroxylamine groups is 2. The summed E-state index contributed by atoms with van der Waals surface area (Å²) in [5, 5.41) is 0.744. The summed E-state index contributed by atoms with van der Waals surface area (Å²) in [4.78, 5) is 28.1. The third-order valence-corrected chi connectivity index (χ3v) is 4.96. The molecule has 9 nitrogen and oxygen atoms in total. The molecule has 1 atom stereocenters. The minimum Gasteiger partial charge on any atom is -0.448 e. The Balaban J connectivity index is 4.88. The van der Waals surface area contributed by atoms with E-state index in [0.29, 0.717) is 0 Å². The van der Waals surface area contributed by atoms with Gasteiger partial charge < -0.3 is 23.4 Å². The molecule has 0 heterocycles. The highest BCUT2D eigenvalue weighted by molar-refractivity contribution is 7.53. The van der Waals surface area contributed by atoms with Gasteiger partial charge in [0.05, 0.1) is 39.1 Å². The molecule has 1 unspecified atom stereocenters. The van der Waals surface area contributed by atoms with Crippen molar-refractivity contribution in [2.75, 3.05) is 39.1 Å². The highest BCUT2D eigenvalue weighted by atomic mass is 31.2. The molecule has 0 rings (SSSR count). The highest BCUT2D eigenvalue weighted by Gasteiger charge is 2.30. The minimum atomic E-state index is -3.27. The van der Waals surface area contributed by atoms with Crippen molar-refractivity contribution in [1.29, 1.82) is 0 Å². The first-order valence-electron chi connectivity index (χ1n) is 7.98. The number of amides is 1. The van der Waals surface area contributed by atoms with Gasteiger partial charge in [0.25, 0.3) is 0 Å². The molecule has 0 fully saturated rings. The van der Waals surface area contributed by atoms with Crippen molar-refractivity contribution >= 4 is 19.8 Å². The van der Waals surface area contributed by atoms with Crippen LogP contribution in [0.5, 0.6) is 0 Å². The Labute approximate surface area is 143 Å². The first-order chi connectivity index (χ1) is 11.3. The summed E-state index contributed by atoms with van der Waals surface area (Å²) in [6, 6.07) is 0.